The highest BCUT2D eigenvalue weighted by Gasteiger charge is 2.15. The van der Waals surface area contributed by atoms with E-state index in [1.54, 1.807) is 13.8 Å². The summed E-state index contributed by atoms with van der Waals surface area (Å²) < 4.78 is 25.6. The zero-order valence-corrected chi connectivity index (χ0v) is 10.8. The van der Waals surface area contributed by atoms with Gasteiger partial charge in [-0.3, -0.25) is 0 Å². The molecule has 0 spiro atoms. The molecule has 0 bridgehead atoms. The first-order chi connectivity index (χ1) is 6.73. The zero-order chi connectivity index (χ0) is 12.1. The molecule has 0 radical (unpaired) electrons. The summed E-state index contributed by atoms with van der Waals surface area (Å²) in [4.78, 5) is 0. The minimum atomic E-state index is -3.18. The van der Waals surface area contributed by atoms with Crippen LogP contribution >= 0.6 is 0 Å². The van der Waals surface area contributed by atoms with E-state index < -0.39 is 16.1 Å². The summed E-state index contributed by atoms with van der Waals surface area (Å²) in [5.41, 5.74) is 0. The van der Waals surface area contributed by atoms with Gasteiger partial charge in [-0.15, -0.1) is 0 Å². The lowest BCUT2D eigenvalue weighted by Gasteiger charge is -2.16. The fraction of sp³-hybridized carbons (Fsp3) is 1.00. The molecule has 2 unspecified atom stereocenters. The van der Waals surface area contributed by atoms with Crippen LogP contribution in [0.2, 0.25) is 0 Å². The second-order valence-corrected chi connectivity index (χ2v) is 6.48. The monoisotopic (exact) mass is 237 g/mol. The molecule has 2 N–H and O–H groups in total. The largest absolute Gasteiger partial charge is 0.393 e. The molecule has 0 aliphatic rings. The Bertz CT molecular complexity index is 260. The molecule has 0 aliphatic carbocycles. The van der Waals surface area contributed by atoms with Crippen LogP contribution in [-0.4, -0.2) is 31.4 Å². The second-order valence-electron chi connectivity index (χ2n) is 4.61. The van der Waals surface area contributed by atoms with Crippen molar-refractivity contribution in [3.8, 4) is 0 Å². The number of nitrogens with one attached hydrogen (secondary N) is 1. The van der Waals surface area contributed by atoms with Crippen molar-refractivity contribution in [2.75, 3.05) is 5.75 Å². The summed E-state index contributed by atoms with van der Waals surface area (Å²) >= 11 is 0. The summed E-state index contributed by atoms with van der Waals surface area (Å²) in [5.74, 6) is 0.545. The summed E-state index contributed by atoms with van der Waals surface area (Å²) in [5, 5.41) is 9.10. The fourth-order valence-corrected chi connectivity index (χ4v) is 2.92. The van der Waals surface area contributed by atoms with Gasteiger partial charge in [0, 0.05) is 6.04 Å². The van der Waals surface area contributed by atoms with Crippen LogP contribution in [0.5, 0.6) is 0 Å². The molecule has 0 saturated carbocycles. The summed E-state index contributed by atoms with van der Waals surface area (Å²) in [7, 11) is -3.18. The van der Waals surface area contributed by atoms with E-state index in [4.69, 9.17) is 5.11 Å². The SMILES string of the molecule is CC(C)CCS(=O)(=O)NC(C)CC(C)O. The lowest BCUT2D eigenvalue weighted by molar-refractivity contribution is 0.175. The number of hydrogen-bond donors (Lipinski definition) is 2. The van der Waals surface area contributed by atoms with Crippen molar-refractivity contribution in [3.05, 3.63) is 0 Å². The highest BCUT2D eigenvalue weighted by atomic mass is 32.2. The maximum Gasteiger partial charge on any atom is 0.211 e. The van der Waals surface area contributed by atoms with Gasteiger partial charge in [-0.1, -0.05) is 13.8 Å². The van der Waals surface area contributed by atoms with Crippen molar-refractivity contribution >= 4 is 10.0 Å². The molecule has 0 amide bonds. The van der Waals surface area contributed by atoms with Gasteiger partial charge in [-0.25, -0.2) is 13.1 Å². The lowest BCUT2D eigenvalue weighted by Crippen LogP contribution is -2.36. The van der Waals surface area contributed by atoms with E-state index in [1.807, 2.05) is 13.8 Å². The van der Waals surface area contributed by atoms with E-state index in [0.29, 0.717) is 18.8 Å². The molecule has 92 valence electrons. The molecular formula is C10H23NO3S. The molecule has 0 fully saturated rings. The molecule has 0 aromatic heterocycles. The van der Waals surface area contributed by atoms with Gasteiger partial charge in [0.25, 0.3) is 0 Å². The van der Waals surface area contributed by atoms with Crippen LogP contribution in [0.4, 0.5) is 0 Å². The highest BCUT2D eigenvalue weighted by molar-refractivity contribution is 7.89. The minimum absolute atomic E-state index is 0.162. The topological polar surface area (TPSA) is 66.4 Å². The van der Waals surface area contributed by atoms with Crippen LogP contribution in [0.1, 0.15) is 40.5 Å². The summed E-state index contributed by atoms with van der Waals surface area (Å²) in [6.07, 6.45) is 0.630. The maximum absolute atomic E-state index is 11.5. The predicted octanol–water partition coefficient (Wildman–Crippen LogP) is 1.11. The maximum atomic E-state index is 11.5. The van der Waals surface area contributed by atoms with Crippen molar-refractivity contribution in [2.24, 2.45) is 5.92 Å². The molecule has 2 atom stereocenters. The number of hydrogen-bond acceptors (Lipinski definition) is 3. The first kappa shape index (κ1) is 14.9. The van der Waals surface area contributed by atoms with E-state index >= 15 is 0 Å². The van der Waals surface area contributed by atoms with Crippen LogP contribution in [0.15, 0.2) is 0 Å². The molecule has 0 aliphatic heterocycles. The number of sulfonamides is 1. The van der Waals surface area contributed by atoms with E-state index in [0.717, 1.165) is 0 Å². The Balaban J connectivity index is 4.02. The molecule has 0 rings (SSSR count). The fourth-order valence-electron chi connectivity index (χ4n) is 1.32. The Morgan fingerprint density at radius 3 is 2.13 bits per heavy atom. The molecule has 4 nitrogen and oxygen atoms in total. The Labute approximate surface area is 93.1 Å². The Hall–Kier alpha value is -0.130. The average Bonchev–Trinajstić information content (AvgIpc) is 1.98. The molecule has 0 saturated heterocycles. The van der Waals surface area contributed by atoms with Gasteiger partial charge in [-0.05, 0) is 32.6 Å². The average molecular weight is 237 g/mol. The predicted molar refractivity (Wildman–Crippen MR) is 62.1 cm³/mol. The Morgan fingerprint density at radius 2 is 1.73 bits per heavy atom. The van der Waals surface area contributed by atoms with E-state index in [2.05, 4.69) is 4.72 Å². The van der Waals surface area contributed by atoms with Gasteiger partial charge in [0.1, 0.15) is 0 Å². The normalized spacial score (nSPS) is 16.7. The zero-order valence-electron chi connectivity index (χ0n) is 10.0. The number of rotatable bonds is 7. The van der Waals surface area contributed by atoms with Crippen molar-refractivity contribution in [2.45, 2.75) is 52.7 Å². The Morgan fingerprint density at radius 1 is 1.20 bits per heavy atom. The standard InChI is InChI=1S/C10H23NO3S/c1-8(2)5-6-15(13,14)11-9(3)7-10(4)12/h8-12H,5-7H2,1-4H3. The van der Waals surface area contributed by atoms with Gasteiger partial charge >= 0.3 is 0 Å². The van der Waals surface area contributed by atoms with Crippen LogP contribution in [0.3, 0.4) is 0 Å². The number of aliphatic hydroxyl groups is 1. The first-order valence-corrected chi connectivity index (χ1v) is 7.06. The third-order valence-electron chi connectivity index (χ3n) is 2.04. The van der Waals surface area contributed by atoms with Gasteiger partial charge in [-0.2, -0.15) is 0 Å². The molecular weight excluding hydrogens is 214 g/mol. The second kappa shape index (κ2) is 6.45. The summed E-state index contributed by atoms with van der Waals surface area (Å²) in [6, 6.07) is -0.206. The third kappa shape index (κ3) is 8.84. The first-order valence-electron chi connectivity index (χ1n) is 5.41. The molecule has 15 heavy (non-hydrogen) atoms. The van der Waals surface area contributed by atoms with Crippen LogP contribution in [-0.2, 0) is 10.0 Å². The van der Waals surface area contributed by atoms with Crippen molar-refractivity contribution in [1.82, 2.24) is 4.72 Å². The van der Waals surface area contributed by atoms with Gasteiger partial charge in [0.05, 0.1) is 11.9 Å². The molecule has 0 aromatic carbocycles. The van der Waals surface area contributed by atoms with E-state index in [-0.39, 0.29) is 11.8 Å². The number of aliphatic hydroxyl groups excluding tert-OH is 1. The Kier molecular flexibility index (Phi) is 6.40. The third-order valence-corrected chi connectivity index (χ3v) is 3.57. The van der Waals surface area contributed by atoms with E-state index in [1.165, 1.54) is 0 Å². The molecule has 0 aromatic rings. The lowest BCUT2D eigenvalue weighted by atomic mass is 10.2. The van der Waals surface area contributed by atoms with Crippen molar-refractivity contribution in [3.63, 3.8) is 0 Å². The molecule has 5 heteroatoms. The molecule has 0 heterocycles. The van der Waals surface area contributed by atoms with Crippen molar-refractivity contribution < 1.29 is 13.5 Å². The van der Waals surface area contributed by atoms with Gasteiger partial charge in [0.2, 0.25) is 10.0 Å². The van der Waals surface area contributed by atoms with Crippen LogP contribution in [0, 0.1) is 5.92 Å². The van der Waals surface area contributed by atoms with Crippen LogP contribution < -0.4 is 4.72 Å². The van der Waals surface area contributed by atoms with Gasteiger partial charge in [0.15, 0.2) is 0 Å². The van der Waals surface area contributed by atoms with Gasteiger partial charge < -0.3 is 5.11 Å². The summed E-state index contributed by atoms with van der Waals surface area (Å²) in [6.45, 7) is 7.40. The van der Waals surface area contributed by atoms with Crippen LogP contribution in [0.25, 0.3) is 0 Å². The minimum Gasteiger partial charge on any atom is -0.393 e. The highest BCUT2D eigenvalue weighted by Crippen LogP contribution is 2.04. The van der Waals surface area contributed by atoms with E-state index in [9.17, 15) is 8.42 Å². The smallest absolute Gasteiger partial charge is 0.211 e. The van der Waals surface area contributed by atoms with Crippen molar-refractivity contribution in [1.29, 1.82) is 0 Å². The quantitative estimate of drug-likeness (QED) is 0.697.